The van der Waals surface area contributed by atoms with Crippen LogP contribution in [0.1, 0.15) is 61.1 Å². The van der Waals surface area contributed by atoms with E-state index in [0.717, 1.165) is 29.7 Å². The zero-order chi connectivity index (χ0) is 19.0. The first-order chi connectivity index (χ1) is 13.1. The van der Waals surface area contributed by atoms with Gasteiger partial charge in [-0.15, -0.1) is 6.58 Å². The van der Waals surface area contributed by atoms with Crippen LogP contribution < -0.4 is 5.32 Å². The van der Waals surface area contributed by atoms with Crippen molar-refractivity contribution in [3.8, 4) is 0 Å². The Kier molecular flexibility index (Phi) is 4.36. The van der Waals surface area contributed by atoms with E-state index in [1.165, 1.54) is 17.7 Å². The Morgan fingerprint density at radius 2 is 1.93 bits per heavy atom. The van der Waals surface area contributed by atoms with Gasteiger partial charge >= 0.3 is 0 Å². The van der Waals surface area contributed by atoms with Crippen LogP contribution in [-0.4, -0.2) is 29.2 Å². The van der Waals surface area contributed by atoms with Gasteiger partial charge in [-0.25, -0.2) is 0 Å². The van der Waals surface area contributed by atoms with Crippen molar-refractivity contribution in [3.05, 3.63) is 82.9 Å². The lowest BCUT2D eigenvalue weighted by Gasteiger charge is -2.26. The van der Waals surface area contributed by atoms with Gasteiger partial charge < -0.3 is 5.32 Å². The number of hydrogen-bond donors (Lipinski definition) is 1. The van der Waals surface area contributed by atoms with E-state index < -0.39 is 0 Å². The third-order valence-electron chi connectivity index (χ3n) is 5.22. The van der Waals surface area contributed by atoms with E-state index in [1.54, 1.807) is 12.1 Å². The predicted octanol–water partition coefficient (Wildman–Crippen LogP) is 3.28. The Bertz CT molecular complexity index is 964. The summed E-state index contributed by atoms with van der Waals surface area (Å²) in [5, 5.41) is 3.08. The second-order valence-corrected chi connectivity index (χ2v) is 6.89. The Hall–Kier alpha value is -3.21. The molecule has 2 aromatic carbocycles. The molecule has 1 aliphatic heterocycles. The number of aryl methyl sites for hydroxylation is 1. The van der Waals surface area contributed by atoms with Gasteiger partial charge in [0, 0.05) is 12.1 Å². The van der Waals surface area contributed by atoms with E-state index in [0.29, 0.717) is 11.1 Å². The molecule has 2 aliphatic rings. The van der Waals surface area contributed by atoms with Gasteiger partial charge in [0.15, 0.2) is 0 Å². The van der Waals surface area contributed by atoms with Crippen molar-refractivity contribution in [1.82, 2.24) is 10.2 Å². The second kappa shape index (κ2) is 6.83. The van der Waals surface area contributed by atoms with Crippen molar-refractivity contribution in [2.24, 2.45) is 0 Å². The average molecular weight is 360 g/mol. The van der Waals surface area contributed by atoms with Crippen LogP contribution >= 0.6 is 0 Å². The lowest BCUT2D eigenvalue weighted by Crippen LogP contribution is -2.31. The molecule has 5 heteroatoms. The maximum Gasteiger partial charge on any atom is 0.261 e. The van der Waals surface area contributed by atoms with Crippen molar-refractivity contribution in [2.45, 2.75) is 25.3 Å². The number of imide groups is 1. The molecule has 2 aromatic rings. The summed E-state index contributed by atoms with van der Waals surface area (Å²) in [4.78, 5) is 38.7. The Morgan fingerprint density at radius 1 is 1.15 bits per heavy atom. The molecule has 136 valence electrons. The molecule has 0 radical (unpaired) electrons. The van der Waals surface area contributed by atoms with Crippen molar-refractivity contribution in [1.29, 1.82) is 0 Å². The fourth-order valence-corrected chi connectivity index (χ4v) is 3.87. The zero-order valence-corrected chi connectivity index (χ0v) is 14.9. The molecule has 1 aliphatic carbocycles. The van der Waals surface area contributed by atoms with E-state index in [2.05, 4.69) is 24.0 Å². The summed E-state index contributed by atoms with van der Waals surface area (Å²) in [6.45, 7) is 3.73. The number of carbonyl (C=O) groups is 3. The first-order valence-electron chi connectivity index (χ1n) is 9.10. The van der Waals surface area contributed by atoms with Crippen molar-refractivity contribution in [2.75, 3.05) is 6.54 Å². The quantitative estimate of drug-likeness (QED) is 0.672. The fraction of sp³-hybridized carbons (Fsp3) is 0.227. The minimum Gasteiger partial charge on any atom is -0.345 e. The highest BCUT2D eigenvalue weighted by Crippen LogP contribution is 2.30. The standard InChI is InChI=1S/C22H20N2O3/c1-2-12-24-21(26)17-11-10-15(13-18(17)22(24)27)20(25)23-19-9-5-7-14-6-3-4-8-16(14)19/h2-4,6,8,10-11,13,19H,1,5,7,9,12H2,(H,23,25)/t19-/m1/s1. The summed E-state index contributed by atoms with van der Waals surface area (Å²) in [5.74, 6) is -0.961. The van der Waals surface area contributed by atoms with Crippen molar-refractivity contribution in [3.63, 3.8) is 0 Å². The monoisotopic (exact) mass is 360 g/mol. The number of fused-ring (bicyclic) bond motifs is 2. The molecule has 1 heterocycles. The van der Waals surface area contributed by atoms with E-state index in [9.17, 15) is 14.4 Å². The number of carbonyl (C=O) groups excluding carboxylic acids is 3. The van der Waals surface area contributed by atoms with E-state index in [4.69, 9.17) is 0 Å². The van der Waals surface area contributed by atoms with Gasteiger partial charge in [-0.05, 0) is 48.6 Å². The number of nitrogens with zero attached hydrogens (tertiary/aromatic N) is 1. The molecule has 0 saturated heterocycles. The smallest absolute Gasteiger partial charge is 0.261 e. The molecule has 0 aromatic heterocycles. The lowest BCUT2D eigenvalue weighted by molar-refractivity contribution is 0.0672. The van der Waals surface area contributed by atoms with Crippen LogP contribution in [0.15, 0.2) is 55.1 Å². The van der Waals surface area contributed by atoms with Crippen LogP contribution in [0.4, 0.5) is 0 Å². The third kappa shape index (κ3) is 2.95. The molecular weight excluding hydrogens is 340 g/mol. The van der Waals surface area contributed by atoms with Crippen molar-refractivity contribution < 1.29 is 14.4 Å². The number of rotatable bonds is 4. The maximum atomic E-state index is 12.8. The lowest BCUT2D eigenvalue weighted by atomic mass is 9.87. The van der Waals surface area contributed by atoms with Gasteiger partial charge in [-0.2, -0.15) is 0 Å². The maximum absolute atomic E-state index is 12.8. The van der Waals surface area contributed by atoms with Gasteiger partial charge in [0.05, 0.1) is 17.2 Å². The summed E-state index contributed by atoms with van der Waals surface area (Å²) in [7, 11) is 0. The molecule has 0 bridgehead atoms. The normalized spacial score (nSPS) is 18.1. The topological polar surface area (TPSA) is 66.5 Å². The van der Waals surface area contributed by atoms with Gasteiger partial charge in [0.2, 0.25) is 0 Å². The molecule has 27 heavy (non-hydrogen) atoms. The van der Waals surface area contributed by atoms with Gasteiger partial charge in [-0.3, -0.25) is 19.3 Å². The van der Waals surface area contributed by atoms with Crippen LogP contribution in [0.5, 0.6) is 0 Å². The minimum absolute atomic E-state index is 0.0368. The summed E-state index contributed by atoms with van der Waals surface area (Å²) >= 11 is 0. The van der Waals surface area contributed by atoms with Crippen molar-refractivity contribution >= 4 is 17.7 Å². The Labute approximate surface area is 157 Å². The van der Waals surface area contributed by atoms with Crippen LogP contribution in [0.2, 0.25) is 0 Å². The number of hydrogen-bond acceptors (Lipinski definition) is 3. The summed E-state index contributed by atoms with van der Waals surface area (Å²) in [6.07, 6.45) is 4.45. The summed E-state index contributed by atoms with van der Waals surface area (Å²) < 4.78 is 0. The average Bonchev–Trinajstić information content (AvgIpc) is 2.93. The van der Waals surface area contributed by atoms with Gasteiger partial charge in [0.1, 0.15) is 0 Å². The summed E-state index contributed by atoms with van der Waals surface area (Å²) in [5.41, 5.74) is 3.42. The highest BCUT2D eigenvalue weighted by molar-refractivity contribution is 6.22. The molecule has 4 rings (SSSR count). The first-order valence-corrected chi connectivity index (χ1v) is 9.10. The highest BCUT2D eigenvalue weighted by atomic mass is 16.2. The van der Waals surface area contributed by atoms with E-state index in [1.807, 2.05) is 12.1 Å². The van der Waals surface area contributed by atoms with Crippen LogP contribution in [0.25, 0.3) is 0 Å². The van der Waals surface area contributed by atoms with E-state index >= 15 is 0 Å². The molecule has 1 N–H and O–H groups in total. The number of amides is 3. The molecule has 3 amide bonds. The van der Waals surface area contributed by atoms with E-state index in [-0.39, 0.29) is 35.9 Å². The molecule has 0 unspecified atom stereocenters. The molecular formula is C22H20N2O3. The van der Waals surface area contributed by atoms with Crippen LogP contribution in [0.3, 0.4) is 0 Å². The SMILES string of the molecule is C=CCN1C(=O)c2ccc(C(=O)N[C@@H]3CCCc4ccccc43)cc2C1=O. The zero-order valence-electron chi connectivity index (χ0n) is 14.9. The van der Waals surface area contributed by atoms with Gasteiger partial charge in [-0.1, -0.05) is 30.3 Å². The van der Waals surface area contributed by atoms with Crippen LogP contribution in [0, 0.1) is 0 Å². The largest absolute Gasteiger partial charge is 0.345 e. The third-order valence-corrected chi connectivity index (χ3v) is 5.22. The summed E-state index contributed by atoms with van der Waals surface area (Å²) in [6, 6.07) is 12.8. The molecule has 0 saturated carbocycles. The first kappa shape index (κ1) is 17.2. The highest BCUT2D eigenvalue weighted by Gasteiger charge is 2.35. The fourth-order valence-electron chi connectivity index (χ4n) is 3.87. The molecule has 1 atom stereocenters. The predicted molar refractivity (Wildman–Crippen MR) is 102 cm³/mol. The molecule has 5 nitrogen and oxygen atoms in total. The number of benzene rings is 2. The van der Waals surface area contributed by atoms with Gasteiger partial charge in [0.25, 0.3) is 17.7 Å². The number of nitrogens with one attached hydrogen (secondary N) is 1. The Morgan fingerprint density at radius 3 is 2.74 bits per heavy atom. The molecule has 0 spiro atoms. The molecule has 0 fully saturated rings. The Balaban J connectivity index is 1.58. The minimum atomic E-state index is -0.382. The van der Waals surface area contributed by atoms with Crippen LogP contribution in [-0.2, 0) is 6.42 Å². The second-order valence-electron chi connectivity index (χ2n) is 6.89.